The fourth-order valence-electron chi connectivity index (χ4n) is 2.64. The molecule has 0 saturated heterocycles. The number of nitrogens with one attached hydrogen (secondary N) is 1. The van der Waals surface area contributed by atoms with Crippen molar-refractivity contribution in [2.45, 2.75) is 18.9 Å². The van der Waals surface area contributed by atoms with Gasteiger partial charge in [0.2, 0.25) is 0 Å². The first-order valence-electron chi connectivity index (χ1n) is 7.82. The van der Waals surface area contributed by atoms with E-state index in [9.17, 15) is 4.79 Å². The van der Waals surface area contributed by atoms with E-state index in [1.165, 1.54) is 0 Å². The Hall–Kier alpha value is -2.88. The van der Waals surface area contributed by atoms with E-state index >= 15 is 0 Å². The molecule has 3 aromatic rings. The summed E-state index contributed by atoms with van der Waals surface area (Å²) < 4.78 is 1.83. The number of amides is 1. The first kappa shape index (κ1) is 13.8. The molecule has 114 valence electrons. The van der Waals surface area contributed by atoms with Crippen molar-refractivity contribution < 1.29 is 4.79 Å². The van der Waals surface area contributed by atoms with Crippen LogP contribution in [0.3, 0.4) is 0 Å². The SMILES string of the molecule is O=C(NC1CC1)c1cnn(-c2ccccc2)c1-c1ccccc1. The van der Waals surface area contributed by atoms with Crippen molar-refractivity contribution in [2.75, 3.05) is 0 Å². The highest BCUT2D eigenvalue weighted by molar-refractivity contribution is 6.00. The van der Waals surface area contributed by atoms with Crippen molar-refractivity contribution in [3.8, 4) is 16.9 Å². The van der Waals surface area contributed by atoms with Crippen LogP contribution in [0.15, 0.2) is 66.9 Å². The molecular weight excluding hydrogens is 286 g/mol. The van der Waals surface area contributed by atoms with Gasteiger partial charge in [-0.05, 0) is 25.0 Å². The molecule has 0 aliphatic heterocycles. The molecule has 0 bridgehead atoms. The Bertz CT molecular complexity index is 820. The van der Waals surface area contributed by atoms with Crippen molar-refractivity contribution >= 4 is 5.91 Å². The molecule has 4 rings (SSSR count). The Morgan fingerprint density at radius 2 is 1.65 bits per heavy atom. The lowest BCUT2D eigenvalue weighted by Gasteiger charge is -2.10. The summed E-state index contributed by atoms with van der Waals surface area (Å²) in [5.74, 6) is -0.0477. The third kappa shape index (κ3) is 2.75. The van der Waals surface area contributed by atoms with Gasteiger partial charge >= 0.3 is 0 Å². The normalized spacial score (nSPS) is 13.7. The fourth-order valence-corrected chi connectivity index (χ4v) is 2.64. The van der Waals surface area contributed by atoms with Gasteiger partial charge in [-0.25, -0.2) is 4.68 Å². The number of para-hydroxylation sites is 1. The molecule has 1 aromatic heterocycles. The molecule has 1 amide bonds. The molecule has 0 atom stereocenters. The van der Waals surface area contributed by atoms with Crippen LogP contribution in [-0.2, 0) is 0 Å². The van der Waals surface area contributed by atoms with E-state index in [0.29, 0.717) is 11.6 Å². The predicted molar refractivity (Wildman–Crippen MR) is 89.5 cm³/mol. The van der Waals surface area contributed by atoms with Crippen LogP contribution in [0.4, 0.5) is 0 Å². The summed E-state index contributed by atoms with van der Waals surface area (Å²) >= 11 is 0. The molecule has 0 unspecified atom stereocenters. The molecule has 4 nitrogen and oxygen atoms in total. The van der Waals surface area contributed by atoms with Gasteiger partial charge in [0, 0.05) is 11.6 Å². The van der Waals surface area contributed by atoms with Crippen LogP contribution in [0.5, 0.6) is 0 Å². The van der Waals surface area contributed by atoms with Crippen LogP contribution in [-0.4, -0.2) is 21.7 Å². The maximum Gasteiger partial charge on any atom is 0.255 e. The van der Waals surface area contributed by atoms with Gasteiger partial charge in [0.25, 0.3) is 5.91 Å². The van der Waals surface area contributed by atoms with Gasteiger partial charge in [0.15, 0.2) is 0 Å². The first-order chi connectivity index (χ1) is 11.3. The Balaban J connectivity index is 1.83. The highest BCUT2D eigenvalue weighted by atomic mass is 16.1. The maximum absolute atomic E-state index is 12.6. The smallest absolute Gasteiger partial charge is 0.255 e. The van der Waals surface area contributed by atoms with Gasteiger partial charge in [0.05, 0.1) is 23.1 Å². The van der Waals surface area contributed by atoms with Crippen LogP contribution in [0.1, 0.15) is 23.2 Å². The standard InChI is InChI=1S/C19H17N3O/c23-19(21-15-11-12-15)17-13-20-22(16-9-5-2-6-10-16)18(17)14-7-3-1-4-8-14/h1-10,13,15H,11-12H2,(H,21,23). The fraction of sp³-hybridized carbons (Fsp3) is 0.158. The highest BCUT2D eigenvalue weighted by Crippen LogP contribution is 2.27. The lowest BCUT2D eigenvalue weighted by Crippen LogP contribution is -2.25. The summed E-state index contributed by atoms with van der Waals surface area (Å²) in [6.07, 6.45) is 3.80. The minimum absolute atomic E-state index is 0.0477. The van der Waals surface area contributed by atoms with E-state index in [0.717, 1.165) is 29.8 Å². The Kier molecular flexibility index (Phi) is 3.42. The molecule has 1 heterocycles. The maximum atomic E-state index is 12.6. The van der Waals surface area contributed by atoms with Crippen LogP contribution in [0, 0.1) is 0 Å². The first-order valence-corrected chi connectivity index (χ1v) is 7.82. The van der Waals surface area contributed by atoms with Crippen LogP contribution >= 0.6 is 0 Å². The van der Waals surface area contributed by atoms with Gasteiger partial charge in [-0.1, -0.05) is 48.5 Å². The van der Waals surface area contributed by atoms with E-state index in [2.05, 4.69) is 10.4 Å². The molecule has 1 aliphatic rings. The lowest BCUT2D eigenvalue weighted by molar-refractivity contribution is 0.0951. The lowest BCUT2D eigenvalue weighted by atomic mass is 10.1. The van der Waals surface area contributed by atoms with E-state index in [4.69, 9.17) is 0 Å². The van der Waals surface area contributed by atoms with Crippen molar-refractivity contribution in [3.05, 3.63) is 72.4 Å². The predicted octanol–water partition coefficient (Wildman–Crippen LogP) is 3.43. The average molecular weight is 303 g/mol. The van der Waals surface area contributed by atoms with Gasteiger partial charge < -0.3 is 5.32 Å². The summed E-state index contributed by atoms with van der Waals surface area (Å²) in [5.41, 5.74) is 3.37. The summed E-state index contributed by atoms with van der Waals surface area (Å²) in [5, 5.41) is 7.52. The molecule has 4 heteroatoms. The molecule has 0 spiro atoms. The second-order valence-corrected chi connectivity index (χ2v) is 5.77. The van der Waals surface area contributed by atoms with Gasteiger partial charge in [-0.2, -0.15) is 5.10 Å². The summed E-state index contributed by atoms with van der Waals surface area (Å²) in [4.78, 5) is 12.6. The molecule has 1 fully saturated rings. The number of aromatic nitrogens is 2. The monoisotopic (exact) mass is 303 g/mol. The Labute approximate surface area is 134 Å². The summed E-state index contributed by atoms with van der Waals surface area (Å²) in [6, 6.07) is 20.1. The zero-order valence-corrected chi connectivity index (χ0v) is 12.6. The van der Waals surface area contributed by atoms with Crippen LogP contribution in [0.25, 0.3) is 16.9 Å². The largest absolute Gasteiger partial charge is 0.349 e. The Morgan fingerprint density at radius 3 is 2.30 bits per heavy atom. The molecule has 1 saturated carbocycles. The van der Waals surface area contributed by atoms with Crippen LogP contribution < -0.4 is 5.32 Å². The molecule has 23 heavy (non-hydrogen) atoms. The van der Waals surface area contributed by atoms with E-state index in [1.54, 1.807) is 6.20 Å². The number of hydrogen-bond donors (Lipinski definition) is 1. The van der Waals surface area contributed by atoms with Crippen molar-refractivity contribution in [3.63, 3.8) is 0 Å². The van der Waals surface area contributed by atoms with Crippen molar-refractivity contribution in [1.82, 2.24) is 15.1 Å². The summed E-state index contributed by atoms with van der Waals surface area (Å²) in [7, 11) is 0. The van der Waals surface area contributed by atoms with Gasteiger partial charge in [0.1, 0.15) is 0 Å². The zero-order valence-electron chi connectivity index (χ0n) is 12.6. The third-order valence-electron chi connectivity index (χ3n) is 3.97. The van der Waals surface area contributed by atoms with Crippen molar-refractivity contribution in [1.29, 1.82) is 0 Å². The number of carbonyl (C=O) groups is 1. The quantitative estimate of drug-likeness (QED) is 0.802. The molecule has 0 radical (unpaired) electrons. The Morgan fingerprint density at radius 1 is 1.00 bits per heavy atom. The number of benzene rings is 2. The van der Waals surface area contributed by atoms with Crippen LogP contribution in [0.2, 0.25) is 0 Å². The van der Waals surface area contributed by atoms with Gasteiger partial charge in [-0.3, -0.25) is 4.79 Å². The van der Waals surface area contributed by atoms with E-state index in [-0.39, 0.29) is 5.91 Å². The molecule has 2 aromatic carbocycles. The van der Waals surface area contributed by atoms with Crippen molar-refractivity contribution in [2.24, 2.45) is 0 Å². The highest BCUT2D eigenvalue weighted by Gasteiger charge is 2.27. The second kappa shape index (κ2) is 5.72. The van der Waals surface area contributed by atoms with E-state index in [1.807, 2.05) is 65.3 Å². The van der Waals surface area contributed by atoms with E-state index < -0.39 is 0 Å². The number of rotatable bonds is 4. The average Bonchev–Trinajstić information content (AvgIpc) is 3.30. The summed E-state index contributed by atoms with van der Waals surface area (Å²) in [6.45, 7) is 0. The molecule has 1 N–H and O–H groups in total. The number of hydrogen-bond acceptors (Lipinski definition) is 2. The van der Waals surface area contributed by atoms with Gasteiger partial charge in [-0.15, -0.1) is 0 Å². The minimum Gasteiger partial charge on any atom is -0.349 e. The second-order valence-electron chi connectivity index (χ2n) is 5.77. The molecule has 1 aliphatic carbocycles. The minimum atomic E-state index is -0.0477. The number of carbonyl (C=O) groups excluding carboxylic acids is 1. The number of nitrogens with zero attached hydrogens (tertiary/aromatic N) is 2. The third-order valence-corrected chi connectivity index (χ3v) is 3.97. The molecular formula is C19H17N3O. The zero-order chi connectivity index (χ0) is 15.6. The topological polar surface area (TPSA) is 46.9 Å².